The van der Waals surface area contributed by atoms with Crippen LogP contribution in [0.3, 0.4) is 0 Å². The van der Waals surface area contributed by atoms with E-state index < -0.39 is 0 Å². The van der Waals surface area contributed by atoms with Crippen LogP contribution in [0, 0.1) is 11.8 Å². The van der Waals surface area contributed by atoms with Crippen molar-refractivity contribution in [1.82, 2.24) is 10.3 Å². The molecule has 3 heteroatoms. The van der Waals surface area contributed by atoms with E-state index in [-0.39, 0.29) is 5.54 Å². The maximum atomic E-state index is 5.14. The second-order valence-electron chi connectivity index (χ2n) is 7.65. The summed E-state index contributed by atoms with van der Waals surface area (Å²) in [5.41, 5.74) is 1.53. The molecule has 1 saturated carbocycles. The number of nitrogens with zero attached hydrogens (tertiary/aromatic N) is 1. The number of thiazole rings is 1. The average molecular weight is 307 g/mol. The van der Waals surface area contributed by atoms with E-state index in [4.69, 9.17) is 4.98 Å². The summed E-state index contributed by atoms with van der Waals surface area (Å²) >= 11 is 2.01. The van der Waals surface area contributed by atoms with Crippen molar-refractivity contribution in [3.8, 4) is 0 Å². The molecule has 1 heterocycles. The molecule has 1 aromatic rings. The standard InChI is InChI=1S/C18H30N2S/c1-12(2)20-18(11-13(3)9-10-14(18)4)17-19-15-7-5-6-8-16(15)21-17/h12-14,20H,5-11H2,1-4H3. The molecule has 118 valence electrons. The molecule has 0 saturated heterocycles. The fourth-order valence-electron chi connectivity index (χ4n) is 4.25. The molecule has 2 aliphatic carbocycles. The predicted octanol–water partition coefficient (Wildman–Crippen LogP) is 4.67. The summed E-state index contributed by atoms with van der Waals surface area (Å²) in [4.78, 5) is 6.72. The van der Waals surface area contributed by atoms with Gasteiger partial charge in [0.1, 0.15) is 5.01 Å². The number of aryl methyl sites for hydroxylation is 2. The highest BCUT2D eigenvalue weighted by atomic mass is 32.1. The van der Waals surface area contributed by atoms with E-state index in [1.807, 2.05) is 11.3 Å². The van der Waals surface area contributed by atoms with Crippen LogP contribution < -0.4 is 5.32 Å². The normalized spacial score (nSPS) is 33.2. The van der Waals surface area contributed by atoms with E-state index in [1.54, 1.807) is 4.88 Å². The maximum Gasteiger partial charge on any atom is 0.114 e. The van der Waals surface area contributed by atoms with Gasteiger partial charge in [-0.3, -0.25) is 0 Å². The number of nitrogens with one attached hydrogen (secondary N) is 1. The predicted molar refractivity (Wildman–Crippen MR) is 90.9 cm³/mol. The lowest BCUT2D eigenvalue weighted by Gasteiger charge is -2.45. The van der Waals surface area contributed by atoms with Crippen molar-refractivity contribution in [3.63, 3.8) is 0 Å². The molecular formula is C18H30N2S. The highest BCUT2D eigenvalue weighted by Gasteiger charge is 2.45. The highest BCUT2D eigenvalue weighted by Crippen LogP contribution is 2.46. The number of aromatic nitrogens is 1. The van der Waals surface area contributed by atoms with Crippen LogP contribution in [0.2, 0.25) is 0 Å². The molecule has 2 aliphatic rings. The van der Waals surface area contributed by atoms with Gasteiger partial charge in [0.05, 0.1) is 11.2 Å². The fourth-order valence-corrected chi connectivity index (χ4v) is 5.68. The number of fused-ring (bicyclic) bond motifs is 1. The Labute approximate surface area is 133 Å². The van der Waals surface area contributed by atoms with Gasteiger partial charge >= 0.3 is 0 Å². The van der Waals surface area contributed by atoms with E-state index in [1.165, 1.54) is 55.6 Å². The first-order valence-electron chi connectivity index (χ1n) is 8.78. The minimum Gasteiger partial charge on any atom is -0.303 e. The lowest BCUT2D eigenvalue weighted by atomic mass is 9.69. The van der Waals surface area contributed by atoms with Crippen molar-refractivity contribution in [1.29, 1.82) is 0 Å². The maximum absolute atomic E-state index is 5.14. The van der Waals surface area contributed by atoms with Crippen LogP contribution in [0.5, 0.6) is 0 Å². The molecule has 0 aliphatic heterocycles. The van der Waals surface area contributed by atoms with Crippen molar-refractivity contribution in [2.75, 3.05) is 0 Å². The molecule has 0 spiro atoms. The molecular weight excluding hydrogens is 276 g/mol. The number of hydrogen-bond donors (Lipinski definition) is 1. The number of rotatable bonds is 3. The summed E-state index contributed by atoms with van der Waals surface area (Å²) in [6, 6.07) is 0.513. The third kappa shape index (κ3) is 2.92. The van der Waals surface area contributed by atoms with E-state index in [0.717, 1.165) is 5.92 Å². The first-order valence-corrected chi connectivity index (χ1v) is 9.59. The van der Waals surface area contributed by atoms with Crippen LogP contribution in [-0.4, -0.2) is 11.0 Å². The minimum absolute atomic E-state index is 0.119. The minimum atomic E-state index is 0.119. The molecule has 3 unspecified atom stereocenters. The van der Waals surface area contributed by atoms with Gasteiger partial charge in [-0.25, -0.2) is 4.98 Å². The van der Waals surface area contributed by atoms with Crippen LogP contribution in [0.25, 0.3) is 0 Å². The molecule has 0 aromatic carbocycles. The van der Waals surface area contributed by atoms with Crippen LogP contribution in [0.15, 0.2) is 0 Å². The molecule has 0 bridgehead atoms. The van der Waals surface area contributed by atoms with Gasteiger partial charge < -0.3 is 5.32 Å². The van der Waals surface area contributed by atoms with E-state index >= 15 is 0 Å². The monoisotopic (exact) mass is 306 g/mol. The first kappa shape index (κ1) is 15.5. The Morgan fingerprint density at radius 3 is 2.67 bits per heavy atom. The second-order valence-corrected chi connectivity index (χ2v) is 8.74. The average Bonchev–Trinajstić information content (AvgIpc) is 2.86. The highest BCUT2D eigenvalue weighted by molar-refractivity contribution is 7.11. The van der Waals surface area contributed by atoms with Crippen molar-refractivity contribution in [2.24, 2.45) is 11.8 Å². The Hall–Kier alpha value is -0.410. The SMILES string of the molecule is CC1CCC(C)C(NC(C)C)(c2nc3c(s2)CCCC3)C1. The fraction of sp³-hybridized carbons (Fsp3) is 0.833. The number of hydrogen-bond acceptors (Lipinski definition) is 3. The lowest BCUT2D eigenvalue weighted by molar-refractivity contribution is 0.108. The van der Waals surface area contributed by atoms with Gasteiger partial charge in [0.25, 0.3) is 0 Å². The van der Waals surface area contributed by atoms with E-state index in [2.05, 4.69) is 33.0 Å². The molecule has 21 heavy (non-hydrogen) atoms. The van der Waals surface area contributed by atoms with Crippen LogP contribution in [0.4, 0.5) is 0 Å². The summed E-state index contributed by atoms with van der Waals surface area (Å²) in [5, 5.41) is 5.34. The van der Waals surface area contributed by atoms with Gasteiger partial charge in [-0.05, 0) is 64.2 Å². The third-order valence-electron chi connectivity index (χ3n) is 5.38. The lowest BCUT2D eigenvalue weighted by Crippen LogP contribution is -2.53. The smallest absolute Gasteiger partial charge is 0.114 e. The van der Waals surface area contributed by atoms with E-state index in [9.17, 15) is 0 Å². The van der Waals surface area contributed by atoms with E-state index in [0.29, 0.717) is 12.0 Å². The molecule has 3 rings (SSSR count). The van der Waals surface area contributed by atoms with Gasteiger partial charge in [-0.1, -0.05) is 20.3 Å². The van der Waals surface area contributed by atoms with Gasteiger partial charge in [-0.15, -0.1) is 11.3 Å². The zero-order valence-corrected chi connectivity index (χ0v) is 14.9. The van der Waals surface area contributed by atoms with Crippen molar-refractivity contribution in [3.05, 3.63) is 15.6 Å². The molecule has 2 nitrogen and oxygen atoms in total. The molecule has 3 atom stereocenters. The Kier molecular flexibility index (Phi) is 4.42. The Bertz CT molecular complexity index is 466. The van der Waals surface area contributed by atoms with Crippen LogP contribution >= 0.6 is 11.3 Å². The van der Waals surface area contributed by atoms with Gasteiger partial charge in [0.15, 0.2) is 0 Å². The second kappa shape index (κ2) is 6.00. The molecule has 1 fully saturated rings. The van der Waals surface area contributed by atoms with Crippen molar-refractivity contribution in [2.45, 2.75) is 84.2 Å². The van der Waals surface area contributed by atoms with Crippen LogP contribution in [-0.2, 0) is 18.4 Å². The summed E-state index contributed by atoms with van der Waals surface area (Å²) in [6.07, 6.45) is 9.08. The molecule has 0 amide bonds. The zero-order valence-electron chi connectivity index (χ0n) is 14.0. The topological polar surface area (TPSA) is 24.9 Å². The van der Waals surface area contributed by atoms with Crippen molar-refractivity contribution >= 4 is 11.3 Å². The van der Waals surface area contributed by atoms with Crippen LogP contribution in [0.1, 0.15) is 75.4 Å². The molecule has 1 aromatic heterocycles. The zero-order chi connectivity index (χ0) is 15.0. The summed E-state index contributed by atoms with van der Waals surface area (Å²) in [6.45, 7) is 9.40. The third-order valence-corrected chi connectivity index (χ3v) is 6.71. The largest absolute Gasteiger partial charge is 0.303 e. The summed E-state index contributed by atoms with van der Waals surface area (Å²) < 4.78 is 0. The summed E-state index contributed by atoms with van der Waals surface area (Å²) in [7, 11) is 0. The first-order chi connectivity index (χ1) is 10.0. The molecule has 0 radical (unpaired) electrons. The van der Waals surface area contributed by atoms with Gasteiger partial charge in [-0.2, -0.15) is 0 Å². The molecule has 1 N–H and O–H groups in total. The Morgan fingerprint density at radius 1 is 1.19 bits per heavy atom. The van der Waals surface area contributed by atoms with Crippen molar-refractivity contribution < 1.29 is 0 Å². The Morgan fingerprint density at radius 2 is 1.95 bits per heavy atom. The quantitative estimate of drug-likeness (QED) is 0.877. The summed E-state index contributed by atoms with van der Waals surface area (Å²) in [5.74, 6) is 1.48. The Balaban J connectivity index is 2.00. The van der Waals surface area contributed by atoms with Gasteiger partial charge in [0, 0.05) is 10.9 Å². The van der Waals surface area contributed by atoms with Gasteiger partial charge in [0.2, 0.25) is 0 Å².